The van der Waals surface area contributed by atoms with Crippen LogP contribution in [-0.4, -0.2) is 33.0 Å². The summed E-state index contributed by atoms with van der Waals surface area (Å²) in [6.07, 6.45) is 2.05. The molecule has 0 amide bonds. The van der Waals surface area contributed by atoms with Crippen molar-refractivity contribution in [3.8, 4) is 11.5 Å². The standard InChI is InChI=1S/C15H22BrNO3/c1-3-5-20-15-13(16)7-11(8-14(15)18-2)9-17-12-4-6-19-10-12/h7-8,12,17H,3-6,9-10H2,1-2H3. The second-order valence-corrected chi connectivity index (χ2v) is 5.75. The van der Waals surface area contributed by atoms with Crippen LogP contribution in [0.5, 0.6) is 11.5 Å². The zero-order chi connectivity index (χ0) is 14.4. The smallest absolute Gasteiger partial charge is 0.175 e. The molecule has 4 nitrogen and oxygen atoms in total. The number of methoxy groups -OCH3 is 1. The largest absolute Gasteiger partial charge is 0.493 e. The number of rotatable bonds is 7. The van der Waals surface area contributed by atoms with Gasteiger partial charge in [-0.1, -0.05) is 6.92 Å². The van der Waals surface area contributed by atoms with E-state index in [1.165, 1.54) is 5.56 Å². The van der Waals surface area contributed by atoms with Crippen molar-refractivity contribution in [3.63, 3.8) is 0 Å². The molecule has 112 valence electrons. The van der Waals surface area contributed by atoms with Crippen LogP contribution in [0.4, 0.5) is 0 Å². The molecule has 1 unspecified atom stereocenters. The highest BCUT2D eigenvalue weighted by molar-refractivity contribution is 9.10. The van der Waals surface area contributed by atoms with Gasteiger partial charge < -0.3 is 19.5 Å². The van der Waals surface area contributed by atoms with Gasteiger partial charge >= 0.3 is 0 Å². The van der Waals surface area contributed by atoms with Crippen molar-refractivity contribution in [2.45, 2.75) is 32.4 Å². The number of benzene rings is 1. The van der Waals surface area contributed by atoms with Gasteiger partial charge in [0.25, 0.3) is 0 Å². The van der Waals surface area contributed by atoms with Crippen LogP contribution in [0.25, 0.3) is 0 Å². The highest BCUT2D eigenvalue weighted by atomic mass is 79.9. The summed E-state index contributed by atoms with van der Waals surface area (Å²) in [5, 5.41) is 3.50. The monoisotopic (exact) mass is 343 g/mol. The maximum absolute atomic E-state index is 5.73. The minimum absolute atomic E-state index is 0.454. The van der Waals surface area contributed by atoms with Gasteiger partial charge in [-0.15, -0.1) is 0 Å². The van der Waals surface area contributed by atoms with Crippen molar-refractivity contribution in [1.82, 2.24) is 5.32 Å². The Hall–Kier alpha value is -0.780. The number of halogens is 1. The van der Waals surface area contributed by atoms with Gasteiger partial charge in [-0.05, 0) is 46.5 Å². The zero-order valence-electron chi connectivity index (χ0n) is 12.1. The van der Waals surface area contributed by atoms with Crippen molar-refractivity contribution >= 4 is 15.9 Å². The molecule has 1 aromatic carbocycles. The molecule has 1 atom stereocenters. The zero-order valence-corrected chi connectivity index (χ0v) is 13.7. The van der Waals surface area contributed by atoms with Crippen molar-refractivity contribution < 1.29 is 14.2 Å². The fourth-order valence-corrected chi connectivity index (χ4v) is 2.78. The van der Waals surface area contributed by atoms with Crippen molar-refractivity contribution in [2.24, 2.45) is 0 Å². The average molecular weight is 344 g/mol. The van der Waals surface area contributed by atoms with Crippen LogP contribution >= 0.6 is 15.9 Å². The van der Waals surface area contributed by atoms with Crippen molar-refractivity contribution in [2.75, 3.05) is 26.9 Å². The second-order valence-electron chi connectivity index (χ2n) is 4.90. The fourth-order valence-electron chi connectivity index (χ4n) is 2.18. The van der Waals surface area contributed by atoms with E-state index in [1.54, 1.807) is 7.11 Å². The first-order valence-electron chi connectivity index (χ1n) is 7.05. The van der Waals surface area contributed by atoms with E-state index < -0.39 is 0 Å². The molecule has 0 radical (unpaired) electrons. The Morgan fingerprint density at radius 2 is 2.30 bits per heavy atom. The van der Waals surface area contributed by atoms with Gasteiger partial charge in [-0.2, -0.15) is 0 Å². The summed E-state index contributed by atoms with van der Waals surface area (Å²) < 4.78 is 17.5. The normalized spacial score (nSPS) is 18.2. The average Bonchev–Trinajstić information content (AvgIpc) is 2.96. The summed E-state index contributed by atoms with van der Waals surface area (Å²) in [4.78, 5) is 0. The summed E-state index contributed by atoms with van der Waals surface area (Å²) >= 11 is 3.57. The molecule has 1 N–H and O–H groups in total. The summed E-state index contributed by atoms with van der Waals surface area (Å²) in [5.74, 6) is 1.55. The predicted molar refractivity (Wildman–Crippen MR) is 82.5 cm³/mol. The maximum atomic E-state index is 5.73. The van der Waals surface area contributed by atoms with Gasteiger partial charge in [-0.25, -0.2) is 0 Å². The van der Waals surface area contributed by atoms with E-state index in [9.17, 15) is 0 Å². The van der Waals surface area contributed by atoms with E-state index in [-0.39, 0.29) is 0 Å². The van der Waals surface area contributed by atoms with Gasteiger partial charge in [-0.3, -0.25) is 0 Å². The SMILES string of the molecule is CCCOc1c(Br)cc(CNC2CCOC2)cc1OC. The first kappa shape index (κ1) is 15.6. The Kier molecular flexibility index (Phi) is 6.13. The molecule has 0 aliphatic carbocycles. The Balaban J connectivity index is 2.04. The number of nitrogens with one attached hydrogen (secondary N) is 1. The molecule has 0 bridgehead atoms. The summed E-state index contributed by atoms with van der Waals surface area (Å²) in [6, 6.07) is 4.56. The molecular weight excluding hydrogens is 322 g/mol. The van der Waals surface area contributed by atoms with Gasteiger partial charge in [0.05, 0.1) is 24.8 Å². The Labute approximate surface area is 128 Å². The molecule has 1 aromatic rings. The third-order valence-electron chi connectivity index (χ3n) is 3.26. The van der Waals surface area contributed by atoms with E-state index in [4.69, 9.17) is 14.2 Å². The van der Waals surface area contributed by atoms with E-state index in [1.807, 2.05) is 6.07 Å². The van der Waals surface area contributed by atoms with Gasteiger partial charge in [0.1, 0.15) is 0 Å². The molecule has 20 heavy (non-hydrogen) atoms. The third kappa shape index (κ3) is 4.11. The van der Waals surface area contributed by atoms with Crippen LogP contribution < -0.4 is 14.8 Å². The van der Waals surface area contributed by atoms with Crippen LogP contribution in [0.1, 0.15) is 25.3 Å². The highest BCUT2D eigenvalue weighted by Gasteiger charge is 2.16. The van der Waals surface area contributed by atoms with Crippen molar-refractivity contribution in [3.05, 3.63) is 22.2 Å². The van der Waals surface area contributed by atoms with Crippen LogP contribution in [0, 0.1) is 0 Å². The van der Waals surface area contributed by atoms with E-state index in [0.717, 1.165) is 48.6 Å². The minimum Gasteiger partial charge on any atom is -0.493 e. The van der Waals surface area contributed by atoms with Crippen LogP contribution in [-0.2, 0) is 11.3 Å². The van der Waals surface area contributed by atoms with Gasteiger partial charge in [0.15, 0.2) is 11.5 Å². The van der Waals surface area contributed by atoms with E-state index >= 15 is 0 Å². The summed E-state index contributed by atoms with van der Waals surface area (Å²) in [6.45, 7) is 5.23. The van der Waals surface area contributed by atoms with E-state index in [2.05, 4.69) is 34.2 Å². The first-order valence-corrected chi connectivity index (χ1v) is 7.84. The molecule has 0 spiro atoms. The van der Waals surface area contributed by atoms with Crippen LogP contribution in [0.15, 0.2) is 16.6 Å². The maximum Gasteiger partial charge on any atom is 0.175 e. The lowest BCUT2D eigenvalue weighted by molar-refractivity contribution is 0.190. The number of ether oxygens (including phenoxy) is 3. The molecule has 5 heteroatoms. The highest BCUT2D eigenvalue weighted by Crippen LogP contribution is 2.36. The summed E-state index contributed by atoms with van der Waals surface area (Å²) in [7, 11) is 1.67. The quantitative estimate of drug-likeness (QED) is 0.825. The topological polar surface area (TPSA) is 39.7 Å². The third-order valence-corrected chi connectivity index (χ3v) is 3.85. The second kappa shape index (κ2) is 7.86. The van der Waals surface area contributed by atoms with Gasteiger partial charge in [0, 0.05) is 19.2 Å². The number of hydrogen-bond donors (Lipinski definition) is 1. The van der Waals surface area contributed by atoms with Gasteiger partial charge in [0.2, 0.25) is 0 Å². The van der Waals surface area contributed by atoms with Crippen molar-refractivity contribution in [1.29, 1.82) is 0 Å². The molecule has 1 saturated heterocycles. The Morgan fingerprint density at radius 1 is 1.45 bits per heavy atom. The predicted octanol–water partition coefficient (Wildman–Crippen LogP) is 3.13. The molecule has 1 aliphatic rings. The first-order chi connectivity index (χ1) is 9.74. The van der Waals surface area contributed by atoms with Crippen LogP contribution in [0.2, 0.25) is 0 Å². The Morgan fingerprint density at radius 3 is 2.95 bits per heavy atom. The van der Waals surface area contributed by atoms with Crippen LogP contribution in [0.3, 0.4) is 0 Å². The number of hydrogen-bond acceptors (Lipinski definition) is 4. The molecule has 1 aliphatic heterocycles. The molecule has 0 aromatic heterocycles. The lowest BCUT2D eigenvalue weighted by Gasteiger charge is -2.15. The molecule has 0 saturated carbocycles. The molecule has 1 heterocycles. The fraction of sp³-hybridized carbons (Fsp3) is 0.600. The molecular formula is C15H22BrNO3. The Bertz CT molecular complexity index is 433. The lowest BCUT2D eigenvalue weighted by atomic mass is 10.1. The molecule has 1 fully saturated rings. The summed E-state index contributed by atoms with van der Waals surface area (Å²) in [5.41, 5.74) is 1.17. The lowest BCUT2D eigenvalue weighted by Crippen LogP contribution is -2.28. The minimum atomic E-state index is 0.454. The van der Waals surface area contributed by atoms with E-state index in [0.29, 0.717) is 12.6 Å². The molecule has 2 rings (SSSR count).